The zero-order valence-corrected chi connectivity index (χ0v) is 23.2. The molecule has 3 amide bonds. The van der Waals surface area contributed by atoms with Gasteiger partial charge in [0.05, 0.1) is 22.9 Å². The van der Waals surface area contributed by atoms with Gasteiger partial charge < -0.3 is 19.4 Å². The number of ether oxygens (including phenoxy) is 1. The monoisotopic (exact) mass is 534 g/mol. The lowest BCUT2D eigenvalue weighted by Gasteiger charge is -2.29. The number of carbonyl (C=O) groups excluding carboxylic acids is 3. The summed E-state index contributed by atoms with van der Waals surface area (Å²) in [5, 5.41) is 1.30. The molecule has 0 N–H and O–H groups in total. The zero-order chi connectivity index (χ0) is 26.4. The van der Waals surface area contributed by atoms with Crippen molar-refractivity contribution in [3.8, 4) is 5.75 Å². The zero-order valence-electron chi connectivity index (χ0n) is 21.7. The lowest BCUT2D eigenvalue weighted by Crippen LogP contribution is -2.47. The maximum absolute atomic E-state index is 13.3. The van der Waals surface area contributed by atoms with E-state index < -0.39 is 6.04 Å². The first-order valence-electron chi connectivity index (χ1n) is 12.3. The number of aromatic nitrogens is 1. The molecule has 196 valence electrons. The average molecular weight is 535 g/mol. The summed E-state index contributed by atoms with van der Waals surface area (Å²) < 4.78 is 5.96. The molecule has 0 saturated carbocycles. The second-order valence-corrected chi connectivity index (χ2v) is 10.8. The van der Waals surface area contributed by atoms with E-state index in [2.05, 4.69) is 4.98 Å². The van der Waals surface area contributed by atoms with Crippen LogP contribution in [-0.2, 0) is 4.79 Å². The third-order valence-corrected chi connectivity index (χ3v) is 7.74. The first kappa shape index (κ1) is 27.9. The van der Waals surface area contributed by atoms with Crippen LogP contribution in [0.3, 0.4) is 0 Å². The normalized spacial score (nSPS) is 19.1. The van der Waals surface area contributed by atoms with Crippen LogP contribution in [0, 0.1) is 13.8 Å². The fourth-order valence-electron chi connectivity index (χ4n) is 4.18. The Labute approximate surface area is 222 Å². The molecule has 1 atom stereocenters. The average Bonchev–Trinajstić information content (AvgIpc) is 3.20. The van der Waals surface area contributed by atoms with Crippen molar-refractivity contribution in [1.29, 1.82) is 0 Å². The van der Waals surface area contributed by atoms with Gasteiger partial charge in [-0.25, -0.2) is 4.98 Å². The second kappa shape index (κ2) is 12.5. The summed E-state index contributed by atoms with van der Waals surface area (Å²) in [6.07, 6.45) is 2.99. The summed E-state index contributed by atoms with van der Waals surface area (Å²) in [5.41, 5.74) is 1.09. The number of rotatable bonds is 1. The molecule has 8 nitrogen and oxygen atoms in total. The molecule has 36 heavy (non-hydrogen) atoms. The molecule has 0 radical (unpaired) electrons. The molecular formula is C26H35ClN4O4S. The van der Waals surface area contributed by atoms with Crippen molar-refractivity contribution in [2.75, 3.05) is 40.3 Å². The topological polar surface area (TPSA) is 83.0 Å². The highest BCUT2D eigenvalue weighted by Gasteiger charge is 2.28. The third-order valence-electron chi connectivity index (χ3n) is 6.44. The van der Waals surface area contributed by atoms with Crippen LogP contribution in [0.4, 0.5) is 0 Å². The summed E-state index contributed by atoms with van der Waals surface area (Å²) in [7, 11) is 3.36. The van der Waals surface area contributed by atoms with Crippen LogP contribution < -0.4 is 4.74 Å². The van der Waals surface area contributed by atoms with Gasteiger partial charge in [0.2, 0.25) is 5.91 Å². The van der Waals surface area contributed by atoms with Crippen molar-refractivity contribution in [1.82, 2.24) is 19.7 Å². The van der Waals surface area contributed by atoms with E-state index in [4.69, 9.17) is 16.3 Å². The van der Waals surface area contributed by atoms with Crippen molar-refractivity contribution in [2.45, 2.75) is 52.5 Å². The van der Waals surface area contributed by atoms with E-state index in [9.17, 15) is 14.4 Å². The number of hydrogen-bond donors (Lipinski definition) is 0. The minimum absolute atomic E-state index is 0.00203. The molecule has 1 aliphatic heterocycles. The molecular weight excluding hydrogens is 500 g/mol. The summed E-state index contributed by atoms with van der Waals surface area (Å²) in [5.74, 6) is -0.0409. The second-order valence-electron chi connectivity index (χ2n) is 9.19. The van der Waals surface area contributed by atoms with Crippen molar-refractivity contribution in [3.05, 3.63) is 44.4 Å². The molecule has 3 rings (SSSR count). The minimum atomic E-state index is -0.652. The highest BCUT2D eigenvalue weighted by molar-refractivity contribution is 7.13. The van der Waals surface area contributed by atoms with Gasteiger partial charge >= 0.3 is 0 Å². The molecule has 0 saturated heterocycles. The number of nitrogens with zero attached hydrogens (tertiary/aromatic N) is 4. The fourth-order valence-corrected chi connectivity index (χ4v) is 5.24. The maximum Gasteiger partial charge on any atom is 0.265 e. The van der Waals surface area contributed by atoms with E-state index in [1.165, 1.54) is 16.2 Å². The third kappa shape index (κ3) is 6.76. The number of benzene rings is 1. The number of halogens is 1. The van der Waals surface area contributed by atoms with Crippen LogP contribution in [0.15, 0.2) is 18.2 Å². The van der Waals surface area contributed by atoms with Crippen LogP contribution >= 0.6 is 22.9 Å². The molecule has 0 spiro atoms. The van der Waals surface area contributed by atoms with Gasteiger partial charge in [-0.15, -0.1) is 11.3 Å². The first-order valence-corrected chi connectivity index (χ1v) is 13.5. The SMILES string of the molecule is Cc1nc(C)c(C(=O)N2CCCCOc3ccc(Cl)cc3C(=O)N(C)[C@@H](C)C(=O)N(C)CCCC2)s1. The summed E-state index contributed by atoms with van der Waals surface area (Å²) >= 11 is 7.60. The molecule has 0 fully saturated rings. The van der Waals surface area contributed by atoms with E-state index in [1.807, 2.05) is 18.7 Å². The van der Waals surface area contributed by atoms with Crippen molar-refractivity contribution >= 4 is 40.7 Å². The van der Waals surface area contributed by atoms with Gasteiger partial charge in [-0.05, 0) is 64.7 Å². The Bertz CT molecular complexity index is 1110. The highest BCUT2D eigenvalue weighted by Crippen LogP contribution is 2.26. The Morgan fingerprint density at radius 3 is 2.42 bits per heavy atom. The van der Waals surface area contributed by atoms with Gasteiger partial charge in [0.1, 0.15) is 16.7 Å². The number of thiazole rings is 1. The molecule has 2 aromatic rings. The number of amides is 3. The van der Waals surface area contributed by atoms with Crippen LogP contribution in [0.1, 0.15) is 63.3 Å². The van der Waals surface area contributed by atoms with Gasteiger partial charge in [0.15, 0.2) is 0 Å². The van der Waals surface area contributed by atoms with Gasteiger partial charge in [0.25, 0.3) is 11.8 Å². The van der Waals surface area contributed by atoms with E-state index in [0.717, 1.165) is 30.0 Å². The number of carbonyl (C=O) groups is 3. The number of hydrogen-bond acceptors (Lipinski definition) is 6. The van der Waals surface area contributed by atoms with Gasteiger partial charge in [0, 0.05) is 38.8 Å². The Balaban J connectivity index is 1.81. The van der Waals surface area contributed by atoms with Crippen LogP contribution in [-0.4, -0.2) is 83.8 Å². The van der Waals surface area contributed by atoms with Crippen LogP contribution in [0.2, 0.25) is 5.02 Å². The van der Waals surface area contributed by atoms with E-state index >= 15 is 0 Å². The molecule has 0 unspecified atom stereocenters. The van der Waals surface area contributed by atoms with Gasteiger partial charge in [-0.2, -0.15) is 0 Å². The summed E-state index contributed by atoms with van der Waals surface area (Å²) in [4.78, 5) is 49.6. The number of likely N-dealkylation sites (N-methyl/N-ethyl adjacent to an activating group) is 2. The van der Waals surface area contributed by atoms with Crippen LogP contribution in [0.25, 0.3) is 0 Å². The summed E-state index contributed by atoms with van der Waals surface area (Å²) in [6.45, 7) is 7.63. The lowest BCUT2D eigenvalue weighted by molar-refractivity contribution is -0.133. The summed E-state index contributed by atoms with van der Waals surface area (Å²) in [6, 6.07) is 4.28. The Hall–Kier alpha value is -2.65. The Morgan fingerprint density at radius 2 is 1.75 bits per heavy atom. The van der Waals surface area contributed by atoms with Crippen molar-refractivity contribution in [3.63, 3.8) is 0 Å². The predicted molar refractivity (Wildman–Crippen MR) is 142 cm³/mol. The van der Waals surface area contributed by atoms with Crippen LogP contribution in [0.5, 0.6) is 5.75 Å². The molecule has 1 aromatic carbocycles. The fraction of sp³-hybridized carbons (Fsp3) is 0.538. The lowest BCUT2D eigenvalue weighted by atomic mass is 10.1. The van der Waals surface area contributed by atoms with E-state index in [-0.39, 0.29) is 17.7 Å². The Kier molecular flexibility index (Phi) is 9.73. The molecule has 1 aromatic heterocycles. The first-order chi connectivity index (χ1) is 17.1. The standard InChI is InChI=1S/C26H35ClN4O4S/c1-17-23(36-19(3)28-17)26(34)31-13-7-6-12-29(4)24(32)18(2)30(5)25(33)21-16-20(27)10-11-22(21)35-15-9-8-14-31/h10-11,16,18H,6-9,12-15H2,1-5H3/t18-/m0/s1. The highest BCUT2D eigenvalue weighted by atomic mass is 35.5. The van der Waals surface area contributed by atoms with Gasteiger partial charge in [-0.1, -0.05) is 11.6 Å². The molecule has 1 aliphatic rings. The maximum atomic E-state index is 13.3. The van der Waals surface area contributed by atoms with E-state index in [1.54, 1.807) is 44.1 Å². The number of aryl methyl sites for hydroxylation is 2. The molecule has 0 aliphatic carbocycles. The minimum Gasteiger partial charge on any atom is -0.493 e. The Morgan fingerprint density at radius 1 is 1.08 bits per heavy atom. The predicted octanol–water partition coefficient (Wildman–Crippen LogP) is 4.43. The van der Waals surface area contributed by atoms with Crippen molar-refractivity contribution in [2.24, 2.45) is 0 Å². The quantitative estimate of drug-likeness (QED) is 0.540. The smallest absolute Gasteiger partial charge is 0.265 e. The van der Waals surface area contributed by atoms with Crippen molar-refractivity contribution < 1.29 is 19.1 Å². The van der Waals surface area contributed by atoms with Gasteiger partial charge in [-0.3, -0.25) is 14.4 Å². The van der Waals surface area contributed by atoms with E-state index in [0.29, 0.717) is 53.9 Å². The molecule has 0 bridgehead atoms. The number of fused-ring (bicyclic) bond motifs is 1. The largest absolute Gasteiger partial charge is 0.493 e. The molecule has 2 heterocycles. The molecule has 10 heteroatoms.